The van der Waals surface area contributed by atoms with Gasteiger partial charge in [0.05, 0.1) is 6.10 Å². The molecule has 3 rings (SSSR count). The second-order valence-corrected chi connectivity index (χ2v) is 8.56. The Balaban J connectivity index is 1.46. The number of carbonyl (C=O) groups is 2. The SMILES string of the molecule is O=C(O)CCCCCCN1C(=O)CC[C@@H]1CCC(O)c1cccc(Oc2ccc(F)cc2)c1. The van der Waals surface area contributed by atoms with E-state index in [9.17, 15) is 19.1 Å². The number of rotatable bonds is 13. The summed E-state index contributed by atoms with van der Waals surface area (Å²) in [6, 6.07) is 13.1. The van der Waals surface area contributed by atoms with E-state index in [0.29, 0.717) is 37.3 Å². The molecule has 1 heterocycles. The quantitative estimate of drug-likeness (QED) is 0.390. The highest BCUT2D eigenvalue weighted by atomic mass is 19.1. The van der Waals surface area contributed by atoms with Gasteiger partial charge < -0.3 is 19.8 Å². The molecular formula is C26H32FNO5. The summed E-state index contributed by atoms with van der Waals surface area (Å²) in [5.41, 5.74) is 0.740. The second-order valence-electron chi connectivity index (χ2n) is 8.56. The summed E-state index contributed by atoms with van der Waals surface area (Å²) in [7, 11) is 0. The Bertz CT molecular complexity index is 917. The Kier molecular flexibility index (Phi) is 9.24. The van der Waals surface area contributed by atoms with Crippen LogP contribution < -0.4 is 4.74 Å². The molecule has 1 saturated heterocycles. The molecule has 0 spiro atoms. The number of halogens is 1. The van der Waals surface area contributed by atoms with Crippen molar-refractivity contribution in [2.45, 2.75) is 69.9 Å². The summed E-state index contributed by atoms with van der Waals surface area (Å²) in [5, 5.41) is 19.4. The van der Waals surface area contributed by atoms with Gasteiger partial charge in [0.25, 0.3) is 0 Å². The van der Waals surface area contributed by atoms with Gasteiger partial charge in [-0.2, -0.15) is 0 Å². The number of aliphatic hydroxyl groups is 1. The van der Waals surface area contributed by atoms with Gasteiger partial charge in [0.1, 0.15) is 17.3 Å². The van der Waals surface area contributed by atoms with Gasteiger partial charge in [-0.15, -0.1) is 0 Å². The molecule has 2 aromatic rings. The maximum absolute atomic E-state index is 13.1. The zero-order chi connectivity index (χ0) is 23.6. The Morgan fingerprint density at radius 1 is 1.09 bits per heavy atom. The number of aliphatic hydroxyl groups excluding tert-OH is 1. The minimum absolute atomic E-state index is 0.129. The van der Waals surface area contributed by atoms with E-state index in [0.717, 1.165) is 37.7 Å². The van der Waals surface area contributed by atoms with Gasteiger partial charge in [0.15, 0.2) is 0 Å². The highest BCUT2D eigenvalue weighted by Gasteiger charge is 2.30. The van der Waals surface area contributed by atoms with Crippen LogP contribution >= 0.6 is 0 Å². The molecule has 2 N–H and O–H groups in total. The number of carboxylic acid groups (broad SMARTS) is 1. The summed E-state index contributed by atoms with van der Waals surface area (Å²) >= 11 is 0. The average Bonchev–Trinajstić information content (AvgIpc) is 3.15. The van der Waals surface area contributed by atoms with E-state index in [-0.39, 0.29) is 24.2 Å². The molecule has 0 bridgehead atoms. The first-order valence-electron chi connectivity index (χ1n) is 11.6. The highest BCUT2D eigenvalue weighted by Crippen LogP contribution is 2.30. The van der Waals surface area contributed by atoms with Crippen LogP contribution in [0.5, 0.6) is 11.5 Å². The van der Waals surface area contributed by atoms with Crippen molar-refractivity contribution in [2.24, 2.45) is 0 Å². The molecule has 0 saturated carbocycles. The van der Waals surface area contributed by atoms with Crippen molar-refractivity contribution >= 4 is 11.9 Å². The lowest BCUT2D eigenvalue weighted by Crippen LogP contribution is -2.34. The zero-order valence-electron chi connectivity index (χ0n) is 18.8. The van der Waals surface area contributed by atoms with Crippen molar-refractivity contribution in [1.29, 1.82) is 0 Å². The van der Waals surface area contributed by atoms with Crippen LogP contribution in [-0.2, 0) is 9.59 Å². The number of amides is 1. The van der Waals surface area contributed by atoms with E-state index in [1.165, 1.54) is 12.1 Å². The van der Waals surface area contributed by atoms with E-state index >= 15 is 0 Å². The molecule has 1 fully saturated rings. The number of ether oxygens (including phenoxy) is 1. The van der Waals surface area contributed by atoms with Crippen molar-refractivity contribution < 1.29 is 28.9 Å². The Labute approximate surface area is 194 Å². The van der Waals surface area contributed by atoms with Crippen LogP contribution in [0.15, 0.2) is 48.5 Å². The molecule has 6 nitrogen and oxygen atoms in total. The Hall–Kier alpha value is -2.93. The lowest BCUT2D eigenvalue weighted by Gasteiger charge is -2.26. The zero-order valence-corrected chi connectivity index (χ0v) is 18.8. The summed E-state index contributed by atoms with van der Waals surface area (Å²) < 4.78 is 18.8. The van der Waals surface area contributed by atoms with Crippen molar-refractivity contribution in [3.05, 3.63) is 59.9 Å². The van der Waals surface area contributed by atoms with Crippen molar-refractivity contribution in [2.75, 3.05) is 6.54 Å². The fourth-order valence-electron chi connectivity index (χ4n) is 4.25. The monoisotopic (exact) mass is 457 g/mol. The first-order valence-corrected chi connectivity index (χ1v) is 11.6. The van der Waals surface area contributed by atoms with Gasteiger partial charge in [-0.3, -0.25) is 9.59 Å². The normalized spacial score (nSPS) is 16.7. The maximum atomic E-state index is 13.1. The fraction of sp³-hybridized carbons (Fsp3) is 0.462. The summed E-state index contributed by atoms with van der Waals surface area (Å²) in [6.07, 6.45) is 5.42. The predicted molar refractivity (Wildman–Crippen MR) is 123 cm³/mol. The maximum Gasteiger partial charge on any atom is 0.303 e. The average molecular weight is 458 g/mol. The molecule has 33 heavy (non-hydrogen) atoms. The van der Waals surface area contributed by atoms with Crippen LogP contribution in [0.25, 0.3) is 0 Å². The standard InChI is InChI=1S/C26H32FNO5/c27-20-9-13-22(14-10-20)33-23-7-5-6-19(18-23)24(29)15-11-21-12-16-25(30)28(21)17-4-2-1-3-8-26(31)32/h5-7,9-10,13-14,18,21,24,29H,1-4,8,11-12,15-17H2,(H,31,32)/t21-,24?/m0/s1. The van der Waals surface area contributed by atoms with Gasteiger partial charge in [0.2, 0.25) is 5.91 Å². The largest absolute Gasteiger partial charge is 0.481 e. The van der Waals surface area contributed by atoms with Gasteiger partial charge in [-0.25, -0.2) is 4.39 Å². The van der Waals surface area contributed by atoms with E-state index in [4.69, 9.17) is 9.84 Å². The number of carboxylic acids is 1. The minimum atomic E-state index is -0.768. The third kappa shape index (κ3) is 7.86. The third-order valence-corrected chi connectivity index (χ3v) is 6.06. The minimum Gasteiger partial charge on any atom is -0.481 e. The molecule has 0 aromatic heterocycles. The number of aliphatic carboxylic acids is 1. The van der Waals surface area contributed by atoms with E-state index in [1.807, 2.05) is 17.0 Å². The third-order valence-electron chi connectivity index (χ3n) is 6.06. The highest BCUT2D eigenvalue weighted by molar-refractivity contribution is 5.78. The Morgan fingerprint density at radius 3 is 2.61 bits per heavy atom. The van der Waals surface area contributed by atoms with Crippen LogP contribution in [0.2, 0.25) is 0 Å². The molecule has 1 aliphatic rings. The number of carbonyl (C=O) groups excluding carboxylic acids is 1. The number of benzene rings is 2. The van der Waals surface area contributed by atoms with E-state index in [2.05, 4.69) is 0 Å². The first kappa shape index (κ1) is 24.7. The number of likely N-dealkylation sites (tertiary alicyclic amines) is 1. The lowest BCUT2D eigenvalue weighted by molar-refractivity contribution is -0.137. The van der Waals surface area contributed by atoms with Crippen LogP contribution in [-0.4, -0.2) is 39.6 Å². The van der Waals surface area contributed by atoms with Crippen molar-refractivity contribution in [3.8, 4) is 11.5 Å². The molecule has 2 atom stereocenters. The van der Waals surface area contributed by atoms with E-state index in [1.54, 1.807) is 24.3 Å². The summed E-state index contributed by atoms with van der Waals surface area (Å²) in [6.45, 7) is 0.688. The predicted octanol–water partition coefficient (Wildman–Crippen LogP) is 5.46. The summed E-state index contributed by atoms with van der Waals surface area (Å²) in [4.78, 5) is 24.8. The number of hydrogen-bond acceptors (Lipinski definition) is 4. The van der Waals surface area contributed by atoms with E-state index < -0.39 is 12.1 Å². The fourth-order valence-corrected chi connectivity index (χ4v) is 4.25. The molecular weight excluding hydrogens is 425 g/mol. The molecule has 1 unspecified atom stereocenters. The molecule has 7 heteroatoms. The number of hydrogen-bond donors (Lipinski definition) is 2. The molecule has 178 valence electrons. The van der Waals surface area contributed by atoms with Crippen LogP contribution in [0.3, 0.4) is 0 Å². The molecule has 1 amide bonds. The number of unbranched alkanes of at least 4 members (excludes halogenated alkanes) is 3. The number of nitrogens with zero attached hydrogens (tertiary/aromatic N) is 1. The Morgan fingerprint density at radius 2 is 1.85 bits per heavy atom. The van der Waals surface area contributed by atoms with Crippen LogP contribution in [0.1, 0.15) is 69.5 Å². The van der Waals surface area contributed by atoms with Gasteiger partial charge in [0, 0.05) is 25.4 Å². The topological polar surface area (TPSA) is 87.1 Å². The van der Waals surface area contributed by atoms with Crippen molar-refractivity contribution in [3.63, 3.8) is 0 Å². The van der Waals surface area contributed by atoms with Gasteiger partial charge >= 0.3 is 5.97 Å². The van der Waals surface area contributed by atoms with Crippen LogP contribution in [0, 0.1) is 5.82 Å². The van der Waals surface area contributed by atoms with Gasteiger partial charge in [-0.1, -0.05) is 25.0 Å². The van der Waals surface area contributed by atoms with Crippen molar-refractivity contribution in [1.82, 2.24) is 4.90 Å². The lowest BCUT2D eigenvalue weighted by atomic mass is 10.00. The summed E-state index contributed by atoms with van der Waals surface area (Å²) in [5.74, 6) is 0.152. The molecule has 1 aliphatic heterocycles. The second kappa shape index (κ2) is 12.3. The van der Waals surface area contributed by atoms with Gasteiger partial charge in [-0.05, 0) is 74.1 Å². The molecule has 0 radical (unpaired) electrons. The smallest absolute Gasteiger partial charge is 0.303 e. The molecule has 2 aromatic carbocycles. The molecule has 0 aliphatic carbocycles. The first-order chi connectivity index (χ1) is 15.9. The van der Waals surface area contributed by atoms with Crippen LogP contribution in [0.4, 0.5) is 4.39 Å².